The van der Waals surface area contributed by atoms with Gasteiger partial charge < -0.3 is 10.7 Å². The molecule has 18 heavy (non-hydrogen) atoms. The van der Waals surface area contributed by atoms with Gasteiger partial charge in [0.05, 0.1) is 11.0 Å². The van der Waals surface area contributed by atoms with Crippen LogP contribution in [-0.2, 0) is 0 Å². The molecular formula is C14H18N4. The number of fused-ring (bicyclic) bond motifs is 1. The van der Waals surface area contributed by atoms with E-state index in [1.54, 1.807) is 0 Å². The summed E-state index contributed by atoms with van der Waals surface area (Å²) in [5, 5.41) is 7.46. The number of rotatable bonds is 2. The van der Waals surface area contributed by atoms with E-state index in [4.69, 9.17) is 11.1 Å². The average Bonchev–Trinajstić information content (AvgIpc) is 2.82. The second kappa shape index (κ2) is 4.44. The molecule has 1 fully saturated rings. The maximum absolute atomic E-state index is 7.46. The van der Waals surface area contributed by atoms with Gasteiger partial charge in [0.1, 0.15) is 11.7 Å². The van der Waals surface area contributed by atoms with Gasteiger partial charge in [0, 0.05) is 11.5 Å². The number of hydrogen-bond acceptors (Lipinski definition) is 2. The molecule has 0 unspecified atom stereocenters. The first-order chi connectivity index (χ1) is 8.74. The molecule has 1 aliphatic carbocycles. The molecule has 1 aliphatic rings. The van der Waals surface area contributed by atoms with Gasteiger partial charge >= 0.3 is 0 Å². The fourth-order valence-corrected chi connectivity index (χ4v) is 2.77. The Balaban J connectivity index is 1.97. The molecule has 1 aromatic heterocycles. The summed E-state index contributed by atoms with van der Waals surface area (Å²) in [6, 6.07) is 5.71. The van der Waals surface area contributed by atoms with Crippen LogP contribution in [0.4, 0.5) is 0 Å². The molecule has 94 valence electrons. The first kappa shape index (κ1) is 11.3. The van der Waals surface area contributed by atoms with Crippen LogP contribution in [0.25, 0.3) is 11.0 Å². The summed E-state index contributed by atoms with van der Waals surface area (Å²) in [6.45, 7) is 0. The monoisotopic (exact) mass is 242 g/mol. The molecule has 0 atom stereocenters. The van der Waals surface area contributed by atoms with Crippen LogP contribution in [0.1, 0.15) is 49.4 Å². The molecule has 4 nitrogen and oxygen atoms in total. The maximum Gasteiger partial charge on any atom is 0.122 e. The van der Waals surface area contributed by atoms with Gasteiger partial charge in [0.2, 0.25) is 0 Å². The minimum atomic E-state index is 0.103. The van der Waals surface area contributed by atoms with Crippen LogP contribution in [0.15, 0.2) is 18.2 Å². The highest BCUT2D eigenvalue weighted by Crippen LogP contribution is 2.32. The minimum absolute atomic E-state index is 0.103. The van der Waals surface area contributed by atoms with Crippen molar-refractivity contribution in [1.29, 1.82) is 5.41 Å². The molecule has 3 rings (SSSR count). The largest absolute Gasteiger partial charge is 0.384 e. The molecule has 1 aromatic carbocycles. The SMILES string of the molecule is N=C(N)c1ccc2nc(C3CCCCC3)[nH]c2c1. The zero-order chi connectivity index (χ0) is 12.5. The molecule has 0 spiro atoms. The summed E-state index contributed by atoms with van der Waals surface area (Å²) >= 11 is 0. The quantitative estimate of drug-likeness (QED) is 0.559. The fourth-order valence-electron chi connectivity index (χ4n) is 2.77. The van der Waals surface area contributed by atoms with Crippen LogP contribution in [0.2, 0.25) is 0 Å². The van der Waals surface area contributed by atoms with E-state index in [0.717, 1.165) is 22.4 Å². The number of aromatic nitrogens is 2. The molecule has 0 bridgehead atoms. The van der Waals surface area contributed by atoms with E-state index in [2.05, 4.69) is 9.97 Å². The van der Waals surface area contributed by atoms with Crippen LogP contribution in [-0.4, -0.2) is 15.8 Å². The van der Waals surface area contributed by atoms with Crippen molar-refractivity contribution in [2.75, 3.05) is 0 Å². The molecule has 0 aliphatic heterocycles. The normalized spacial score (nSPS) is 17.1. The highest BCUT2D eigenvalue weighted by molar-refractivity contribution is 5.97. The minimum Gasteiger partial charge on any atom is -0.384 e. The third-order valence-electron chi connectivity index (χ3n) is 3.80. The van der Waals surface area contributed by atoms with E-state index in [1.165, 1.54) is 32.1 Å². The molecule has 1 saturated carbocycles. The predicted molar refractivity (Wildman–Crippen MR) is 72.9 cm³/mol. The third kappa shape index (κ3) is 1.98. The Hall–Kier alpha value is -1.84. The fraction of sp³-hybridized carbons (Fsp3) is 0.429. The first-order valence-electron chi connectivity index (χ1n) is 6.58. The van der Waals surface area contributed by atoms with E-state index in [0.29, 0.717) is 5.92 Å². The summed E-state index contributed by atoms with van der Waals surface area (Å²) in [4.78, 5) is 8.07. The Labute approximate surface area is 106 Å². The number of imidazole rings is 1. The number of nitrogens with two attached hydrogens (primary N) is 1. The van der Waals surface area contributed by atoms with Crippen molar-refractivity contribution in [1.82, 2.24) is 9.97 Å². The van der Waals surface area contributed by atoms with Gasteiger partial charge in [0.25, 0.3) is 0 Å². The number of benzene rings is 1. The lowest BCUT2D eigenvalue weighted by Crippen LogP contribution is -2.10. The highest BCUT2D eigenvalue weighted by atomic mass is 14.9. The molecule has 2 aromatic rings. The smallest absolute Gasteiger partial charge is 0.122 e. The molecule has 0 radical (unpaired) electrons. The van der Waals surface area contributed by atoms with Crippen molar-refractivity contribution in [3.8, 4) is 0 Å². The summed E-state index contributed by atoms with van der Waals surface area (Å²) in [5.41, 5.74) is 8.22. The second-order valence-corrected chi connectivity index (χ2v) is 5.10. The lowest BCUT2D eigenvalue weighted by Gasteiger charge is -2.18. The van der Waals surface area contributed by atoms with Crippen molar-refractivity contribution in [2.45, 2.75) is 38.0 Å². The van der Waals surface area contributed by atoms with Crippen molar-refractivity contribution < 1.29 is 0 Å². The van der Waals surface area contributed by atoms with Crippen LogP contribution < -0.4 is 5.73 Å². The van der Waals surface area contributed by atoms with Crippen LogP contribution in [0.5, 0.6) is 0 Å². The third-order valence-corrected chi connectivity index (χ3v) is 3.80. The van der Waals surface area contributed by atoms with Gasteiger partial charge in [-0.1, -0.05) is 19.3 Å². The summed E-state index contributed by atoms with van der Waals surface area (Å²) in [7, 11) is 0. The number of H-pyrrole nitrogens is 1. The number of nitrogen functional groups attached to an aromatic ring is 1. The second-order valence-electron chi connectivity index (χ2n) is 5.10. The number of nitrogens with one attached hydrogen (secondary N) is 2. The van der Waals surface area contributed by atoms with Crippen LogP contribution in [0.3, 0.4) is 0 Å². The Bertz CT molecular complexity index is 578. The van der Waals surface area contributed by atoms with Gasteiger partial charge in [-0.3, -0.25) is 5.41 Å². The number of nitrogens with zero attached hydrogens (tertiary/aromatic N) is 1. The van der Waals surface area contributed by atoms with Gasteiger partial charge in [-0.2, -0.15) is 0 Å². The molecular weight excluding hydrogens is 224 g/mol. The van der Waals surface area contributed by atoms with E-state index >= 15 is 0 Å². The number of hydrogen-bond donors (Lipinski definition) is 3. The zero-order valence-electron chi connectivity index (χ0n) is 10.4. The van der Waals surface area contributed by atoms with E-state index in [9.17, 15) is 0 Å². The maximum atomic E-state index is 7.46. The standard InChI is InChI=1S/C14H18N4/c15-13(16)10-6-7-11-12(8-10)18-14(17-11)9-4-2-1-3-5-9/h6-9H,1-5H2,(H3,15,16)(H,17,18). The lowest BCUT2D eigenvalue weighted by molar-refractivity contribution is 0.431. The topological polar surface area (TPSA) is 78.6 Å². The van der Waals surface area contributed by atoms with Crippen LogP contribution >= 0.6 is 0 Å². The van der Waals surface area contributed by atoms with Gasteiger partial charge in [0.15, 0.2) is 0 Å². The molecule has 4 N–H and O–H groups in total. The first-order valence-corrected chi connectivity index (χ1v) is 6.58. The summed E-state index contributed by atoms with van der Waals surface area (Å²) < 4.78 is 0. The lowest BCUT2D eigenvalue weighted by atomic mass is 9.89. The number of amidine groups is 1. The molecule has 4 heteroatoms. The Morgan fingerprint density at radius 3 is 2.78 bits per heavy atom. The van der Waals surface area contributed by atoms with E-state index in [-0.39, 0.29) is 5.84 Å². The van der Waals surface area contributed by atoms with Gasteiger partial charge in [-0.25, -0.2) is 4.98 Å². The van der Waals surface area contributed by atoms with E-state index in [1.807, 2.05) is 18.2 Å². The zero-order valence-corrected chi connectivity index (χ0v) is 10.4. The van der Waals surface area contributed by atoms with Crippen LogP contribution in [0, 0.1) is 5.41 Å². The Morgan fingerprint density at radius 1 is 1.28 bits per heavy atom. The molecule has 0 saturated heterocycles. The highest BCUT2D eigenvalue weighted by Gasteiger charge is 2.18. The average molecular weight is 242 g/mol. The van der Waals surface area contributed by atoms with Crippen molar-refractivity contribution in [3.63, 3.8) is 0 Å². The Morgan fingerprint density at radius 2 is 2.06 bits per heavy atom. The predicted octanol–water partition coefficient (Wildman–Crippen LogP) is 2.89. The van der Waals surface area contributed by atoms with Crippen molar-refractivity contribution in [3.05, 3.63) is 29.6 Å². The van der Waals surface area contributed by atoms with Crippen molar-refractivity contribution in [2.24, 2.45) is 5.73 Å². The molecule has 1 heterocycles. The van der Waals surface area contributed by atoms with Gasteiger partial charge in [-0.15, -0.1) is 0 Å². The molecule has 0 amide bonds. The summed E-state index contributed by atoms with van der Waals surface area (Å²) in [5.74, 6) is 1.78. The van der Waals surface area contributed by atoms with E-state index < -0.39 is 0 Å². The summed E-state index contributed by atoms with van der Waals surface area (Å²) in [6.07, 6.45) is 6.44. The number of aromatic amines is 1. The Kier molecular flexibility index (Phi) is 2.78. The van der Waals surface area contributed by atoms with Gasteiger partial charge in [-0.05, 0) is 31.0 Å². The van der Waals surface area contributed by atoms with Crippen molar-refractivity contribution >= 4 is 16.9 Å².